The third kappa shape index (κ3) is 3.71. The standard InChI is InChI=1S/C15H22N2O3/c1-11-13(15(19)16-7-8-18)3-2-4-14(11)17-12-5-9-20-10-6-12/h2-4,12,17-18H,5-10H2,1H3,(H,16,19). The molecule has 20 heavy (non-hydrogen) atoms. The van der Waals surface area contributed by atoms with Gasteiger partial charge in [0.25, 0.3) is 5.91 Å². The minimum absolute atomic E-state index is 0.0508. The van der Waals surface area contributed by atoms with Gasteiger partial charge in [-0.05, 0) is 37.5 Å². The summed E-state index contributed by atoms with van der Waals surface area (Å²) >= 11 is 0. The molecule has 110 valence electrons. The Kier molecular flexibility index (Phi) is 5.38. The number of carbonyl (C=O) groups is 1. The smallest absolute Gasteiger partial charge is 0.251 e. The molecule has 0 bridgehead atoms. The number of hydrogen-bond acceptors (Lipinski definition) is 4. The topological polar surface area (TPSA) is 70.6 Å². The lowest BCUT2D eigenvalue weighted by atomic mass is 10.0. The van der Waals surface area contributed by atoms with Gasteiger partial charge in [-0.3, -0.25) is 4.79 Å². The molecule has 0 unspecified atom stereocenters. The first kappa shape index (κ1) is 14.8. The molecule has 1 amide bonds. The van der Waals surface area contributed by atoms with Crippen LogP contribution in [-0.2, 0) is 4.74 Å². The lowest BCUT2D eigenvalue weighted by Crippen LogP contribution is -2.29. The summed E-state index contributed by atoms with van der Waals surface area (Å²) in [6.45, 7) is 3.73. The second-order valence-electron chi connectivity index (χ2n) is 4.99. The highest BCUT2D eigenvalue weighted by Crippen LogP contribution is 2.22. The second-order valence-corrected chi connectivity index (χ2v) is 4.99. The second kappa shape index (κ2) is 7.26. The van der Waals surface area contributed by atoms with Crippen LogP contribution in [-0.4, -0.2) is 43.4 Å². The zero-order valence-electron chi connectivity index (χ0n) is 11.8. The number of nitrogens with one attached hydrogen (secondary N) is 2. The summed E-state index contributed by atoms with van der Waals surface area (Å²) in [7, 11) is 0. The highest BCUT2D eigenvalue weighted by Gasteiger charge is 2.16. The molecular weight excluding hydrogens is 256 g/mol. The average molecular weight is 278 g/mol. The largest absolute Gasteiger partial charge is 0.395 e. The van der Waals surface area contributed by atoms with Crippen molar-refractivity contribution in [1.82, 2.24) is 5.32 Å². The summed E-state index contributed by atoms with van der Waals surface area (Å²) in [5, 5.41) is 14.9. The van der Waals surface area contributed by atoms with Crippen molar-refractivity contribution in [3.8, 4) is 0 Å². The van der Waals surface area contributed by atoms with Crippen molar-refractivity contribution in [2.75, 3.05) is 31.7 Å². The summed E-state index contributed by atoms with van der Waals surface area (Å²) in [5.41, 5.74) is 2.58. The molecule has 1 fully saturated rings. The van der Waals surface area contributed by atoms with Gasteiger partial charge < -0.3 is 20.5 Å². The van der Waals surface area contributed by atoms with Crippen LogP contribution in [0.4, 0.5) is 5.69 Å². The Morgan fingerprint density at radius 2 is 2.15 bits per heavy atom. The third-order valence-electron chi connectivity index (χ3n) is 3.56. The van der Waals surface area contributed by atoms with Crippen molar-refractivity contribution in [3.05, 3.63) is 29.3 Å². The molecule has 1 heterocycles. The number of benzene rings is 1. The Morgan fingerprint density at radius 3 is 2.85 bits per heavy atom. The van der Waals surface area contributed by atoms with Crippen molar-refractivity contribution in [1.29, 1.82) is 0 Å². The van der Waals surface area contributed by atoms with Gasteiger partial charge in [0.1, 0.15) is 0 Å². The van der Waals surface area contributed by atoms with Crippen LogP contribution in [0.25, 0.3) is 0 Å². The van der Waals surface area contributed by atoms with E-state index in [0.29, 0.717) is 11.6 Å². The van der Waals surface area contributed by atoms with Gasteiger partial charge in [0.15, 0.2) is 0 Å². The Bertz CT molecular complexity index is 456. The molecule has 0 atom stereocenters. The quantitative estimate of drug-likeness (QED) is 0.759. The van der Waals surface area contributed by atoms with Crippen LogP contribution >= 0.6 is 0 Å². The fourth-order valence-electron chi connectivity index (χ4n) is 2.36. The van der Waals surface area contributed by atoms with Crippen molar-refractivity contribution in [2.45, 2.75) is 25.8 Å². The van der Waals surface area contributed by atoms with Crippen molar-refractivity contribution >= 4 is 11.6 Å². The third-order valence-corrected chi connectivity index (χ3v) is 3.56. The van der Waals surface area contributed by atoms with E-state index in [-0.39, 0.29) is 19.1 Å². The molecule has 5 heteroatoms. The first-order valence-corrected chi connectivity index (χ1v) is 7.05. The number of aliphatic hydroxyl groups excluding tert-OH is 1. The summed E-state index contributed by atoms with van der Waals surface area (Å²) in [6.07, 6.45) is 1.97. The van der Waals surface area contributed by atoms with Crippen LogP contribution in [0.15, 0.2) is 18.2 Å². The van der Waals surface area contributed by atoms with E-state index in [0.717, 1.165) is 37.3 Å². The van der Waals surface area contributed by atoms with E-state index in [1.807, 2.05) is 19.1 Å². The molecule has 0 radical (unpaired) electrons. The zero-order chi connectivity index (χ0) is 14.4. The molecule has 0 spiro atoms. The molecular formula is C15H22N2O3. The van der Waals surface area contributed by atoms with E-state index in [2.05, 4.69) is 10.6 Å². The Labute approximate surface area is 119 Å². The van der Waals surface area contributed by atoms with E-state index in [1.54, 1.807) is 6.07 Å². The lowest BCUT2D eigenvalue weighted by Gasteiger charge is -2.25. The maximum absolute atomic E-state index is 12.0. The van der Waals surface area contributed by atoms with Crippen molar-refractivity contribution in [3.63, 3.8) is 0 Å². The van der Waals surface area contributed by atoms with Crippen LogP contribution < -0.4 is 10.6 Å². The number of ether oxygens (including phenoxy) is 1. The number of hydrogen-bond donors (Lipinski definition) is 3. The molecule has 1 aliphatic heterocycles. The summed E-state index contributed by atoms with van der Waals surface area (Å²) in [6, 6.07) is 6.08. The van der Waals surface area contributed by atoms with E-state index in [9.17, 15) is 4.79 Å². The zero-order valence-corrected chi connectivity index (χ0v) is 11.8. The molecule has 0 aromatic heterocycles. The number of aliphatic hydroxyl groups is 1. The predicted molar refractivity (Wildman–Crippen MR) is 78.1 cm³/mol. The highest BCUT2D eigenvalue weighted by atomic mass is 16.5. The summed E-state index contributed by atoms with van der Waals surface area (Å²) < 4.78 is 5.35. The van der Waals surface area contributed by atoms with E-state index in [4.69, 9.17) is 9.84 Å². The maximum Gasteiger partial charge on any atom is 0.251 e. The van der Waals surface area contributed by atoms with Gasteiger partial charge in [-0.1, -0.05) is 6.07 Å². The van der Waals surface area contributed by atoms with Crippen molar-refractivity contribution in [2.24, 2.45) is 0 Å². The monoisotopic (exact) mass is 278 g/mol. The van der Waals surface area contributed by atoms with E-state index in [1.165, 1.54) is 0 Å². The van der Waals surface area contributed by atoms with Gasteiger partial charge in [0, 0.05) is 37.1 Å². The SMILES string of the molecule is Cc1c(NC2CCOCC2)cccc1C(=O)NCCO. The molecule has 1 aromatic carbocycles. The van der Waals surface area contributed by atoms with Gasteiger partial charge >= 0.3 is 0 Å². The van der Waals surface area contributed by atoms with Gasteiger partial charge in [-0.15, -0.1) is 0 Å². The van der Waals surface area contributed by atoms with Crippen LogP contribution in [0.3, 0.4) is 0 Å². The van der Waals surface area contributed by atoms with Gasteiger partial charge in [-0.2, -0.15) is 0 Å². The van der Waals surface area contributed by atoms with Crippen LogP contribution in [0.5, 0.6) is 0 Å². The number of amides is 1. The average Bonchev–Trinajstić information content (AvgIpc) is 2.48. The summed E-state index contributed by atoms with van der Waals surface area (Å²) in [5.74, 6) is -0.146. The fourth-order valence-corrected chi connectivity index (χ4v) is 2.36. The molecule has 1 saturated heterocycles. The van der Waals surface area contributed by atoms with Gasteiger partial charge in [0.2, 0.25) is 0 Å². The number of anilines is 1. The Morgan fingerprint density at radius 1 is 1.40 bits per heavy atom. The van der Waals surface area contributed by atoms with Crippen LogP contribution in [0.1, 0.15) is 28.8 Å². The highest BCUT2D eigenvalue weighted by molar-refractivity contribution is 5.97. The molecule has 1 aliphatic rings. The molecule has 3 N–H and O–H groups in total. The first-order chi connectivity index (χ1) is 9.72. The Hall–Kier alpha value is -1.59. The predicted octanol–water partition coefficient (Wildman–Crippen LogP) is 1.31. The van der Waals surface area contributed by atoms with Gasteiger partial charge in [0.05, 0.1) is 6.61 Å². The van der Waals surface area contributed by atoms with Crippen molar-refractivity contribution < 1.29 is 14.6 Å². The molecule has 2 rings (SSSR count). The molecule has 0 aliphatic carbocycles. The Balaban J connectivity index is 2.08. The van der Waals surface area contributed by atoms with Gasteiger partial charge in [-0.25, -0.2) is 0 Å². The van der Waals surface area contributed by atoms with Crippen LogP contribution in [0, 0.1) is 6.92 Å². The van der Waals surface area contributed by atoms with Crippen LogP contribution in [0.2, 0.25) is 0 Å². The molecule has 5 nitrogen and oxygen atoms in total. The molecule has 1 aromatic rings. The number of carbonyl (C=O) groups excluding carboxylic acids is 1. The normalized spacial score (nSPS) is 15.9. The van der Waals surface area contributed by atoms with E-state index < -0.39 is 0 Å². The maximum atomic E-state index is 12.0. The lowest BCUT2D eigenvalue weighted by molar-refractivity contribution is 0.0903. The summed E-state index contributed by atoms with van der Waals surface area (Å²) in [4.78, 5) is 12.0. The molecule has 0 saturated carbocycles. The fraction of sp³-hybridized carbons (Fsp3) is 0.533. The minimum atomic E-state index is -0.146. The first-order valence-electron chi connectivity index (χ1n) is 7.05. The number of rotatable bonds is 5. The minimum Gasteiger partial charge on any atom is -0.395 e. The van der Waals surface area contributed by atoms with E-state index >= 15 is 0 Å².